The summed E-state index contributed by atoms with van der Waals surface area (Å²) in [6.07, 6.45) is 6.45. The minimum atomic E-state index is 0.264. The summed E-state index contributed by atoms with van der Waals surface area (Å²) in [7, 11) is 0. The monoisotopic (exact) mass is 284 g/mol. The fourth-order valence-electron chi connectivity index (χ4n) is 2.68. The van der Waals surface area contributed by atoms with Gasteiger partial charge in [0, 0.05) is 24.2 Å². The molecule has 2 nitrogen and oxygen atoms in total. The Kier molecular flexibility index (Phi) is 4.72. The molecule has 0 aliphatic carbocycles. The third-order valence-electron chi connectivity index (χ3n) is 3.75. The standard InChI is InChI=1S/C17H20N2S/c1-2-5-14(6-3-1)17(15-8-10-18-11-9-15)19-13-16-7-4-12-20-16/h1-3,5-6,8-11,16-17,19H,4,7,12-13H2. The van der Waals surface area contributed by atoms with E-state index in [0.717, 1.165) is 11.8 Å². The Morgan fingerprint density at radius 3 is 2.55 bits per heavy atom. The first kappa shape index (κ1) is 13.7. The summed E-state index contributed by atoms with van der Waals surface area (Å²) in [5.74, 6) is 1.32. The van der Waals surface area contributed by atoms with E-state index in [-0.39, 0.29) is 6.04 Å². The van der Waals surface area contributed by atoms with Gasteiger partial charge in [-0.3, -0.25) is 4.98 Å². The molecule has 1 aliphatic heterocycles. The van der Waals surface area contributed by atoms with Gasteiger partial charge >= 0.3 is 0 Å². The average Bonchev–Trinajstić information content (AvgIpc) is 3.03. The summed E-state index contributed by atoms with van der Waals surface area (Å²) in [6.45, 7) is 1.08. The first-order valence-corrected chi connectivity index (χ1v) is 8.28. The Bertz CT molecular complexity index is 470. The topological polar surface area (TPSA) is 24.9 Å². The number of aromatic nitrogens is 1. The molecule has 1 fully saturated rings. The van der Waals surface area contributed by atoms with E-state index in [1.54, 1.807) is 0 Å². The molecule has 1 aromatic heterocycles. The zero-order valence-electron chi connectivity index (χ0n) is 11.5. The maximum absolute atomic E-state index is 4.13. The second-order valence-corrected chi connectivity index (χ2v) is 6.58. The number of nitrogens with one attached hydrogen (secondary N) is 1. The van der Waals surface area contributed by atoms with Crippen molar-refractivity contribution in [3.63, 3.8) is 0 Å². The van der Waals surface area contributed by atoms with E-state index in [0.29, 0.717) is 0 Å². The van der Waals surface area contributed by atoms with E-state index < -0.39 is 0 Å². The van der Waals surface area contributed by atoms with Crippen molar-refractivity contribution in [1.29, 1.82) is 0 Å². The third kappa shape index (κ3) is 3.41. The predicted molar refractivity (Wildman–Crippen MR) is 86.0 cm³/mol. The van der Waals surface area contributed by atoms with Gasteiger partial charge in [0.2, 0.25) is 0 Å². The highest BCUT2D eigenvalue weighted by Gasteiger charge is 2.19. The van der Waals surface area contributed by atoms with Gasteiger partial charge in [-0.15, -0.1) is 0 Å². The first-order chi connectivity index (χ1) is 9.93. The minimum Gasteiger partial charge on any atom is -0.305 e. The van der Waals surface area contributed by atoms with E-state index >= 15 is 0 Å². The highest BCUT2D eigenvalue weighted by Crippen LogP contribution is 2.27. The average molecular weight is 284 g/mol. The lowest BCUT2D eigenvalue weighted by atomic mass is 9.99. The van der Waals surface area contributed by atoms with Crippen LogP contribution in [0.2, 0.25) is 0 Å². The van der Waals surface area contributed by atoms with Crippen molar-refractivity contribution in [2.45, 2.75) is 24.1 Å². The van der Waals surface area contributed by atoms with Crippen LogP contribution in [0, 0.1) is 0 Å². The van der Waals surface area contributed by atoms with Gasteiger partial charge < -0.3 is 5.32 Å². The van der Waals surface area contributed by atoms with Crippen LogP contribution in [0.3, 0.4) is 0 Å². The van der Waals surface area contributed by atoms with Crippen LogP contribution in [0.5, 0.6) is 0 Å². The van der Waals surface area contributed by atoms with E-state index in [1.807, 2.05) is 12.4 Å². The fourth-order valence-corrected chi connectivity index (χ4v) is 3.90. The molecule has 2 heterocycles. The molecule has 0 saturated carbocycles. The van der Waals surface area contributed by atoms with Crippen LogP contribution in [0.4, 0.5) is 0 Å². The second-order valence-electron chi connectivity index (χ2n) is 5.17. The normalized spacial score (nSPS) is 19.9. The molecule has 3 heteroatoms. The summed E-state index contributed by atoms with van der Waals surface area (Å²) in [5, 5.41) is 4.51. The SMILES string of the molecule is c1ccc(C(NCC2CCCS2)c2ccncc2)cc1. The van der Waals surface area contributed by atoms with Gasteiger partial charge in [0.1, 0.15) is 0 Å². The van der Waals surface area contributed by atoms with Crippen LogP contribution in [-0.2, 0) is 0 Å². The Morgan fingerprint density at radius 2 is 1.85 bits per heavy atom. The molecular formula is C17H20N2S. The lowest BCUT2D eigenvalue weighted by Crippen LogP contribution is -2.28. The number of nitrogens with zero attached hydrogens (tertiary/aromatic N) is 1. The predicted octanol–water partition coefficient (Wildman–Crippen LogP) is 3.66. The van der Waals surface area contributed by atoms with Crippen LogP contribution < -0.4 is 5.32 Å². The Morgan fingerprint density at radius 1 is 1.10 bits per heavy atom. The van der Waals surface area contributed by atoms with E-state index in [9.17, 15) is 0 Å². The van der Waals surface area contributed by atoms with E-state index in [1.165, 1.54) is 29.7 Å². The highest BCUT2D eigenvalue weighted by molar-refractivity contribution is 8.00. The van der Waals surface area contributed by atoms with E-state index in [4.69, 9.17) is 0 Å². The van der Waals surface area contributed by atoms with Gasteiger partial charge in [-0.1, -0.05) is 30.3 Å². The van der Waals surface area contributed by atoms with E-state index in [2.05, 4.69) is 64.5 Å². The molecule has 20 heavy (non-hydrogen) atoms. The molecule has 1 N–H and O–H groups in total. The summed E-state index contributed by atoms with van der Waals surface area (Å²) < 4.78 is 0. The second kappa shape index (κ2) is 6.91. The molecule has 3 rings (SSSR count). The van der Waals surface area contributed by atoms with Gasteiger partial charge in [-0.2, -0.15) is 11.8 Å². The van der Waals surface area contributed by atoms with Crippen molar-refractivity contribution >= 4 is 11.8 Å². The number of benzene rings is 1. The molecule has 2 aromatic rings. The molecule has 0 amide bonds. The van der Waals surface area contributed by atoms with Crippen molar-refractivity contribution in [3.8, 4) is 0 Å². The van der Waals surface area contributed by atoms with Gasteiger partial charge in [0.05, 0.1) is 6.04 Å². The minimum absolute atomic E-state index is 0.264. The molecular weight excluding hydrogens is 264 g/mol. The van der Waals surface area contributed by atoms with Crippen molar-refractivity contribution in [1.82, 2.24) is 10.3 Å². The molecule has 2 unspecified atom stereocenters. The van der Waals surface area contributed by atoms with Gasteiger partial charge in [0.15, 0.2) is 0 Å². The lowest BCUT2D eigenvalue weighted by molar-refractivity contribution is 0.583. The molecule has 0 spiro atoms. The third-order valence-corrected chi connectivity index (χ3v) is 5.14. The molecule has 0 radical (unpaired) electrons. The summed E-state index contributed by atoms with van der Waals surface area (Å²) in [5.41, 5.74) is 2.61. The van der Waals surface area contributed by atoms with Crippen LogP contribution in [0.15, 0.2) is 54.9 Å². The van der Waals surface area contributed by atoms with Crippen LogP contribution in [0.1, 0.15) is 30.0 Å². The Labute approximate surface area is 125 Å². The lowest BCUT2D eigenvalue weighted by Gasteiger charge is -2.21. The molecule has 104 valence electrons. The quantitative estimate of drug-likeness (QED) is 0.907. The van der Waals surface area contributed by atoms with Crippen LogP contribution in [-0.4, -0.2) is 22.5 Å². The van der Waals surface area contributed by atoms with Crippen LogP contribution >= 0.6 is 11.8 Å². The smallest absolute Gasteiger partial charge is 0.0578 e. The zero-order chi connectivity index (χ0) is 13.6. The molecule has 1 saturated heterocycles. The largest absolute Gasteiger partial charge is 0.305 e. The number of thioether (sulfide) groups is 1. The zero-order valence-corrected chi connectivity index (χ0v) is 12.4. The van der Waals surface area contributed by atoms with Crippen molar-refractivity contribution < 1.29 is 0 Å². The van der Waals surface area contributed by atoms with Crippen molar-refractivity contribution in [3.05, 3.63) is 66.0 Å². The van der Waals surface area contributed by atoms with Gasteiger partial charge in [0.25, 0.3) is 0 Å². The maximum Gasteiger partial charge on any atom is 0.0578 e. The van der Waals surface area contributed by atoms with Gasteiger partial charge in [-0.25, -0.2) is 0 Å². The molecule has 1 aliphatic rings. The summed E-state index contributed by atoms with van der Waals surface area (Å²) in [6, 6.07) is 15.1. The molecule has 1 aromatic carbocycles. The first-order valence-electron chi connectivity index (χ1n) is 7.23. The summed E-state index contributed by atoms with van der Waals surface area (Å²) >= 11 is 2.10. The molecule has 2 atom stereocenters. The van der Waals surface area contributed by atoms with Crippen molar-refractivity contribution in [2.75, 3.05) is 12.3 Å². The van der Waals surface area contributed by atoms with Gasteiger partial charge in [-0.05, 0) is 41.9 Å². The number of hydrogen-bond acceptors (Lipinski definition) is 3. The Balaban J connectivity index is 1.76. The van der Waals surface area contributed by atoms with Crippen molar-refractivity contribution in [2.24, 2.45) is 0 Å². The highest BCUT2D eigenvalue weighted by atomic mass is 32.2. The number of pyridine rings is 1. The summed E-state index contributed by atoms with van der Waals surface area (Å²) in [4.78, 5) is 4.13. The number of hydrogen-bond donors (Lipinski definition) is 1. The van der Waals surface area contributed by atoms with Crippen LogP contribution in [0.25, 0.3) is 0 Å². The fraction of sp³-hybridized carbons (Fsp3) is 0.353. The number of rotatable bonds is 5. The Hall–Kier alpha value is -1.32. The maximum atomic E-state index is 4.13. The molecule has 0 bridgehead atoms.